The van der Waals surface area contributed by atoms with Crippen molar-refractivity contribution in [2.24, 2.45) is 4.99 Å². The van der Waals surface area contributed by atoms with Crippen molar-refractivity contribution >= 4 is 5.96 Å². The first-order valence-corrected chi connectivity index (χ1v) is 6.65. The number of hydrogen-bond acceptors (Lipinski definition) is 4. The van der Waals surface area contributed by atoms with E-state index < -0.39 is 0 Å². The van der Waals surface area contributed by atoms with Gasteiger partial charge in [-0.05, 0) is 12.8 Å². The number of aromatic nitrogens is 1. The highest BCUT2D eigenvalue weighted by Gasteiger charge is 2.07. The Hall–Kier alpha value is -1.56. The van der Waals surface area contributed by atoms with E-state index in [-0.39, 0.29) is 0 Å². The molecule has 108 valence electrons. The maximum atomic E-state index is 5.25. The lowest BCUT2D eigenvalue weighted by Gasteiger charge is -2.10. The van der Waals surface area contributed by atoms with Gasteiger partial charge in [-0.1, -0.05) is 19.0 Å². The maximum Gasteiger partial charge on any atom is 0.191 e. The van der Waals surface area contributed by atoms with Gasteiger partial charge in [-0.15, -0.1) is 0 Å². The molecule has 0 saturated heterocycles. The molecule has 19 heavy (non-hydrogen) atoms. The lowest BCUT2D eigenvalue weighted by Crippen LogP contribution is -2.38. The molecule has 1 aromatic rings. The molecule has 0 spiro atoms. The monoisotopic (exact) mass is 268 g/mol. The van der Waals surface area contributed by atoms with E-state index in [1.165, 1.54) is 0 Å². The molecule has 0 atom stereocenters. The third-order valence-corrected chi connectivity index (χ3v) is 2.57. The van der Waals surface area contributed by atoms with Crippen LogP contribution in [0.25, 0.3) is 0 Å². The van der Waals surface area contributed by atoms with E-state index in [9.17, 15) is 0 Å². The number of nitrogens with one attached hydrogen (secondary N) is 2. The molecule has 6 nitrogen and oxygen atoms in total. The van der Waals surface area contributed by atoms with Gasteiger partial charge in [-0.3, -0.25) is 4.99 Å². The van der Waals surface area contributed by atoms with Crippen LogP contribution in [0.15, 0.2) is 15.6 Å². The van der Waals surface area contributed by atoms with Gasteiger partial charge in [-0.2, -0.15) is 0 Å². The SMILES string of the molecule is CCOCCNC(=NC)NCc1cc(C(C)C)no1. The van der Waals surface area contributed by atoms with E-state index in [1.807, 2.05) is 13.0 Å². The molecule has 0 bridgehead atoms. The third kappa shape index (κ3) is 5.74. The average Bonchev–Trinajstić information content (AvgIpc) is 2.87. The van der Waals surface area contributed by atoms with E-state index in [4.69, 9.17) is 9.26 Å². The van der Waals surface area contributed by atoms with Crippen LogP contribution in [0.4, 0.5) is 0 Å². The van der Waals surface area contributed by atoms with Crippen molar-refractivity contribution in [1.29, 1.82) is 0 Å². The van der Waals surface area contributed by atoms with Gasteiger partial charge in [0, 0.05) is 26.3 Å². The molecule has 1 heterocycles. The van der Waals surface area contributed by atoms with Crippen molar-refractivity contribution in [3.05, 3.63) is 17.5 Å². The van der Waals surface area contributed by atoms with E-state index in [2.05, 4.69) is 34.6 Å². The van der Waals surface area contributed by atoms with Crippen molar-refractivity contribution in [1.82, 2.24) is 15.8 Å². The summed E-state index contributed by atoms with van der Waals surface area (Å²) in [5.74, 6) is 1.90. The Bertz CT molecular complexity index is 388. The Kier molecular flexibility index (Phi) is 6.95. The molecule has 0 radical (unpaired) electrons. The third-order valence-electron chi connectivity index (χ3n) is 2.57. The van der Waals surface area contributed by atoms with Gasteiger partial charge in [0.1, 0.15) is 0 Å². The predicted octanol–water partition coefficient (Wildman–Crippen LogP) is 1.50. The molecule has 1 rings (SSSR count). The molecule has 2 N–H and O–H groups in total. The molecule has 0 unspecified atom stereocenters. The fraction of sp³-hybridized carbons (Fsp3) is 0.692. The summed E-state index contributed by atoms with van der Waals surface area (Å²) in [6.07, 6.45) is 0. The van der Waals surface area contributed by atoms with Crippen LogP contribution in [0.3, 0.4) is 0 Å². The summed E-state index contributed by atoms with van der Waals surface area (Å²) < 4.78 is 10.5. The average molecular weight is 268 g/mol. The van der Waals surface area contributed by atoms with Crippen molar-refractivity contribution in [3.63, 3.8) is 0 Å². The molecular weight excluding hydrogens is 244 g/mol. The second-order valence-electron chi connectivity index (χ2n) is 4.42. The molecule has 0 aliphatic heterocycles. The second kappa shape index (κ2) is 8.53. The molecule has 0 amide bonds. The van der Waals surface area contributed by atoms with Crippen LogP contribution in [-0.2, 0) is 11.3 Å². The Labute approximate surface area is 114 Å². The van der Waals surface area contributed by atoms with Gasteiger partial charge >= 0.3 is 0 Å². The smallest absolute Gasteiger partial charge is 0.191 e. The first kappa shape index (κ1) is 15.5. The lowest BCUT2D eigenvalue weighted by molar-refractivity contribution is 0.152. The number of guanidine groups is 1. The quantitative estimate of drug-likeness (QED) is 0.445. The molecule has 6 heteroatoms. The minimum atomic E-state index is 0.376. The first-order valence-electron chi connectivity index (χ1n) is 6.65. The number of ether oxygens (including phenoxy) is 1. The molecule has 0 fully saturated rings. The zero-order chi connectivity index (χ0) is 14.1. The van der Waals surface area contributed by atoms with Gasteiger partial charge in [0.2, 0.25) is 0 Å². The maximum absolute atomic E-state index is 5.25. The van der Waals surface area contributed by atoms with Gasteiger partial charge in [0.05, 0.1) is 18.8 Å². The van der Waals surface area contributed by atoms with E-state index in [0.29, 0.717) is 19.1 Å². The van der Waals surface area contributed by atoms with Crippen LogP contribution in [0.2, 0.25) is 0 Å². The van der Waals surface area contributed by atoms with E-state index in [1.54, 1.807) is 7.05 Å². The van der Waals surface area contributed by atoms with Crippen LogP contribution in [0, 0.1) is 0 Å². The summed E-state index contributed by atoms with van der Waals surface area (Å²) in [5, 5.41) is 10.3. The summed E-state index contributed by atoms with van der Waals surface area (Å²) in [6, 6.07) is 1.96. The number of rotatable bonds is 7. The van der Waals surface area contributed by atoms with Crippen LogP contribution in [0.5, 0.6) is 0 Å². The van der Waals surface area contributed by atoms with E-state index >= 15 is 0 Å². The van der Waals surface area contributed by atoms with E-state index in [0.717, 1.165) is 30.6 Å². The molecular formula is C13H24N4O2. The van der Waals surface area contributed by atoms with Crippen LogP contribution in [-0.4, -0.2) is 37.9 Å². The fourth-order valence-corrected chi connectivity index (χ4v) is 1.46. The van der Waals surface area contributed by atoms with Gasteiger partial charge in [0.15, 0.2) is 11.7 Å². The second-order valence-corrected chi connectivity index (χ2v) is 4.42. The lowest BCUT2D eigenvalue weighted by atomic mass is 10.1. The topological polar surface area (TPSA) is 71.7 Å². The zero-order valence-corrected chi connectivity index (χ0v) is 12.2. The standard InChI is InChI=1S/C13H24N4O2/c1-5-18-7-6-15-13(14-4)16-9-11-8-12(10(2)3)17-19-11/h8,10H,5-7,9H2,1-4H3,(H2,14,15,16). The Morgan fingerprint density at radius 1 is 1.47 bits per heavy atom. The van der Waals surface area contributed by atoms with Crippen molar-refractivity contribution in [2.45, 2.75) is 33.2 Å². The van der Waals surface area contributed by atoms with Crippen LogP contribution in [0.1, 0.15) is 38.1 Å². The molecule has 1 aromatic heterocycles. The largest absolute Gasteiger partial charge is 0.380 e. The summed E-state index contributed by atoms with van der Waals surface area (Å²) in [7, 11) is 1.73. The fourth-order valence-electron chi connectivity index (χ4n) is 1.46. The number of nitrogens with zero attached hydrogens (tertiary/aromatic N) is 2. The van der Waals surface area contributed by atoms with Crippen LogP contribution < -0.4 is 10.6 Å². The summed E-state index contributed by atoms with van der Waals surface area (Å²) >= 11 is 0. The van der Waals surface area contributed by atoms with Crippen molar-refractivity contribution < 1.29 is 9.26 Å². The minimum Gasteiger partial charge on any atom is -0.380 e. The van der Waals surface area contributed by atoms with Gasteiger partial charge in [0.25, 0.3) is 0 Å². The van der Waals surface area contributed by atoms with Crippen molar-refractivity contribution in [2.75, 3.05) is 26.8 Å². The highest BCUT2D eigenvalue weighted by atomic mass is 16.5. The zero-order valence-electron chi connectivity index (χ0n) is 12.2. The number of hydrogen-bond donors (Lipinski definition) is 2. The molecule has 0 aromatic carbocycles. The highest BCUT2D eigenvalue weighted by molar-refractivity contribution is 5.79. The summed E-state index contributed by atoms with van der Waals surface area (Å²) in [6.45, 7) is 8.83. The Morgan fingerprint density at radius 2 is 2.26 bits per heavy atom. The van der Waals surface area contributed by atoms with Gasteiger partial charge < -0.3 is 19.9 Å². The summed E-state index contributed by atoms with van der Waals surface area (Å²) in [4.78, 5) is 4.12. The van der Waals surface area contributed by atoms with Gasteiger partial charge in [-0.25, -0.2) is 0 Å². The predicted molar refractivity (Wildman–Crippen MR) is 75.3 cm³/mol. The van der Waals surface area contributed by atoms with Crippen LogP contribution >= 0.6 is 0 Å². The molecule has 0 aliphatic rings. The number of aliphatic imine (C=N–C) groups is 1. The molecule has 0 aliphatic carbocycles. The minimum absolute atomic E-state index is 0.376. The van der Waals surface area contributed by atoms with Crippen molar-refractivity contribution in [3.8, 4) is 0 Å². The molecule has 0 saturated carbocycles. The Morgan fingerprint density at radius 3 is 2.84 bits per heavy atom. The Balaban J connectivity index is 2.32. The summed E-state index contributed by atoms with van der Waals surface area (Å²) in [5.41, 5.74) is 0.969. The highest BCUT2D eigenvalue weighted by Crippen LogP contribution is 2.13. The normalized spacial score (nSPS) is 11.9. The first-order chi connectivity index (χ1) is 9.17.